The van der Waals surface area contributed by atoms with Crippen LogP contribution in [0.25, 0.3) is 21.7 Å². The molecular weight excluding hydrogens is 246 g/mol. The van der Waals surface area contributed by atoms with Gasteiger partial charge in [0.05, 0.1) is 11.2 Å². The van der Waals surface area contributed by atoms with E-state index in [1.807, 2.05) is 6.07 Å². The largest absolute Gasteiger partial charge is 0.369 e. The van der Waals surface area contributed by atoms with Gasteiger partial charge in [0, 0.05) is 17.4 Å². The fraction of sp³-hybridized carbons (Fsp3) is 0.278. The van der Waals surface area contributed by atoms with Gasteiger partial charge < -0.3 is 4.74 Å². The van der Waals surface area contributed by atoms with Crippen molar-refractivity contribution in [2.45, 2.75) is 25.4 Å². The van der Waals surface area contributed by atoms with Gasteiger partial charge in [0.25, 0.3) is 0 Å². The third-order valence-electron chi connectivity index (χ3n) is 4.33. The highest BCUT2D eigenvalue weighted by Gasteiger charge is 2.35. The Labute approximate surface area is 118 Å². The van der Waals surface area contributed by atoms with Crippen LogP contribution in [0.5, 0.6) is 0 Å². The molecule has 0 amide bonds. The van der Waals surface area contributed by atoms with E-state index in [0.29, 0.717) is 0 Å². The van der Waals surface area contributed by atoms with Gasteiger partial charge in [0.2, 0.25) is 0 Å². The van der Waals surface area contributed by atoms with Crippen molar-refractivity contribution in [2.24, 2.45) is 0 Å². The lowest BCUT2D eigenvalue weighted by Gasteiger charge is -2.24. The molecule has 1 aliphatic rings. The number of nitrogens with zero attached hydrogens (tertiary/aromatic N) is 1. The van der Waals surface area contributed by atoms with Crippen LogP contribution in [-0.4, -0.2) is 11.6 Å². The van der Waals surface area contributed by atoms with Crippen LogP contribution in [0.2, 0.25) is 0 Å². The van der Waals surface area contributed by atoms with E-state index in [1.54, 1.807) is 0 Å². The highest BCUT2D eigenvalue weighted by molar-refractivity contribution is 6.06. The van der Waals surface area contributed by atoms with Crippen molar-refractivity contribution in [1.29, 1.82) is 0 Å². The number of fused-ring (bicyclic) bond motifs is 3. The van der Waals surface area contributed by atoms with Gasteiger partial charge in [0.15, 0.2) is 0 Å². The van der Waals surface area contributed by atoms with E-state index in [4.69, 9.17) is 9.72 Å². The van der Waals surface area contributed by atoms with Gasteiger partial charge in [-0.2, -0.15) is 0 Å². The minimum Gasteiger partial charge on any atom is -0.369 e. The van der Waals surface area contributed by atoms with Crippen LogP contribution in [0.15, 0.2) is 48.5 Å². The Kier molecular flexibility index (Phi) is 2.54. The van der Waals surface area contributed by atoms with Gasteiger partial charge in [-0.05, 0) is 31.2 Å². The van der Waals surface area contributed by atoms with Gasteiger partial charge in [-0.15, -0.1) is 0 Å². The van der Waals surface area contributed by atoms with E-state index < -0.39 is 0 Å². The molecule has 1 atom stereocenters. The first-order valence-corrected chi connectivity index (χ1v) is 7.20. The third kappa shape index (κ3) is 1.65. The summed E-state index contributed by atoms with van der Waals surface area (Å²) in [5.74, 6) is 0. The molecule has 2 heterocycles. The zero-order valence-electron chi connectivity index (χ0n) is 11.6. The van der Waals surface area contributed by atoms with Crippen molar-refractivity contribution in [3.8, 4) is 0 Å². The number of benzene rings is 2. The molecular formula is C18H17NO. The van der Waals surface area contributed by atoms with E-state index in [1.165, 1.54) is 16.2 Å². The molecule has 1 fully saturated rings. The highest BCUT2D eigenvalue weighted by atomic mass is 16.5. The fourth-order valence-electron chi connectivity index (χ4n) is 3.27. The monoisotopic (exact) mass is 263 g/mol. The third-order valence-corrected chi connectivity index (χ3v) is 4.33. The molecule has 4 rings (SSSR count). The molecule has 100 valence electrons. The Morgan fingerprint density at radius 1 is 0.950 bits per heavy atom. The molecule has 2 heteroatoms. The van der Waals surface area contributed by atoms with Crippen LogP contribution in [0.4, 0.5) is 0 Å². The van der Waals surface area contributed by atoms with E-state index in [-0.39, 0.29) is 5.60 Å². The van der Waals surface area contributed by atoms with Crippen LogP contribution < -0.4 is 0 Å². The number of para-hydroxylation sites is 1. The van der Waals surface area contributed by atoms with E-state index in [2.05, 4.69) is 49.4 Å². The number of aromatic nitrogens is 1. The second kappa shape index (κ2) is 4.29. The van der Waals surface area contributed by atoms with Gasteiger partial charge >= 0.3 is 0 Å². The lowest BCUT2D eigenvalue weighted by atomic mass is 9.92. The molecule has 3 aromatic rings. The van der Waals surface area contributed by atoms with Crippen molar-refractivity contribution >= 4 is 21.7 Å². The molecule has 20 heavy (non-hydrogen) atoms. The summed E-state index contributed by atoms with van der Waals surface area (Å²) in [5.41, 5.74) is 1.89. The number of hydrogen-bond donors (Lipinski definition) is 0. The smallest absolute Gasteiger partial charge is 0.108 e. The predicted octanol–water partition coefficient (Wildman–Crippen LogP) is 4.41. The Hall–Kier alpha value is -1.93. The number of rotatable bonds is 1. The second-order valence-electron chi connectivity index (χ2n) is 5.71. The maximum Gasteiger partial charge on any atom is 0.108 e. The zero-order chi connectivity index (χ0) is 13.6. The van der Waals surface area contributed by atoms with Crippen molar-refractivity contribution in [1.82, 2.24) is 4.98 Å². The summed E-state index contributed by atoms with van der Waals surface area (Å²) in [7, 11) is 0. The van der Waals surface area contributed by atoms with Crippen LogP contribution in [0.1, 0.15) is 25.5 Å². The van der Waals surface area contributed by atoms with Crippen LogP contribution in [0, 0.1) is 0 Å². The Morgan fingerprint density at radius 3 is 2.40 bits per heavy atom. The molecule has 1 saturated heterocycles. The van der Waals surface area contributed by atoms with Gasteiger partial charge in [-0.3, -0.25) is 0 Å². The SMILES string of the molecule is CC1(c2nc3ccccc3c3ccccc23)CCCO1. The molecule has 0 aliphatic carbocycles. The molecule has 0 bridgehead atoms. The summed E-state index contributed by atoms with van der Waals surface area (Å²) in [6.07, 6.45) is 2.15. The normalized spacial score (nSPS) is 22.6. The van der Waals surface area contributed by atoms with Crippen LogP contribution in [-0.2, 0) is 10.3 Å². The molecule has 0 N–H and O–H groups in total. The van der Waals surface area contributed by atoms with Crippen LogP contribution >= 0.6 is 0 Å². The Balaban J connectivity index is 2.13. The number of ether oxygens (including phenoxy) is 1. The Morgan fingerprint density at radius 2 is 1.65 bits per heavy atom. The molecule has 1 unspecified atom stereocenters. The molecule has 2 nitrogen and oxygen atoms in total. The first-order chi connectivity index (χ1) is 9.78. The lowest BCUT2D eigenvalue weighted by molar-refractivity contribution is 0.0148. The summed E-state index contributed by atoms with van der Waals surface area (Å²) >= 11 is 0. The van der Waals surface area contributed by atoms with Gasteiger partial charge in [-0.1, -0.05) is 42.5 Å². The molecule has 0 spiro atoms. The summed E-state index contributed by atoms with van der Waals surface area (Å²) < 4.78 is 6.02. The van der Waals surface area contributed by atoms with E-state index in [9.17, 15) is 0 Å². The molecule has 0 saturated carbocycles. The quantitative estimate of drug-likeness (QED) is 0.606. The standard InChI is InChI=1S/C18H17NO/c1-18(11-6-12-20-18)17-15-9-3-2-7-13(15)14-8-4-5-10-16(14)19-17/h2-5,7-10H,6,11-12H2,1H3. The Bertz CT molecular complexity index is 788. The average Bonchev–Trinajstić information content (AvgIpc) is 2.94. The van der Waals surface area contributed by atoms with E-state index in [0.717, 1.165) is 30.7 Å². The second-order valence-corrected chi connectivity index (χ2v) is 5.71. The first kappa shape index (κ1) is 11.9. The molecule has 1 aliphatic heterocycles. The molecule has 2 aromatic carbocycles. The zero-order valence-corrected chi connectivity index (χ0v) is 11.6. The number of pyridine rings is 1. The van der Waals surface area contributed by atoms with Crippen molar-refractivity contribution in [3.63, 3.8) is 0 Å². The minimum atomic E-state index is -0.246. The molecule has 1 aromatic heterocycles. The van der Waals surface area contributed by atoms with Crippen molar-refractivity contribution in [2.75, 3.05) is 6.61 Å². The maximum absolute atomic E-state index is 6.02. The van der Waals surface area contributed by atoms with Gasteiger partial charge in [0.1, 0.15) is 5.60 Å². The summed E-state index contributed by atoms with van der Waals surface area (Å²) in [6.45, 7) is 3.00. The van der Waals surface area contributed by atoms with Crippen molar-refractivity contribution < 1.29 is 4.74 Å². The lowest BCUT2D eigenvalue weighted by Crippen LogP contribution is -2.22. The summed E-state index contributed by atoms with van der Waals surface area (Å²) in [4.78, 5) is 4.93. The minimum absolute atomic E-state index is 0.246. The predicted molar refractivity (Wildman–Crippen MR) is 81.8 cm³/mol. The highest BCUT2D eigenvalue weighted by Crippen LogP contribution is 2.39. The maximum atomic E-state index is 6.02. The summed E-state index contributed by atoms with van der Waals surface area (Å²) in [6, 6.07) is 16.9. The average molecular weight is 263 g/mol. The van der Waals surface area contributed by atoms with Crippen molar-refractivity contribution in [3.05, 3.63) is 54.2 Å². The number of hydrogen-bond acceptors (Lipinski definition) is 2. The van der Waals surface area contributed by atoms with Gasteiger partial charge in [-0.25, -0.2) is 4.98 Å². The fourth-order valence-corrected chi connectivity index (χ4v) is 3.27. The first-order valence-electron chi connectivity index (χ1n) is 7.20. The molecule has 0 radical (unpaired) electrons. The summed E-state index contributed by atoms with van der Waals surface area (Å²) in [5, 5.41) is 3.70. The topological polar surface area (TPSA) is 22.1 Å². The van der Waals surface area contributed by atoms with E-state index >= 15 is 0 Å². The van der Waals surface area contributed by atoms with Crippen LogP contribution in [0.3, 0.4) is 0 Å².